The Balaban J connectivity index is 1.94. The van der Waals surface area contributed by atoms with Crippen LogP contribution in [0.5, 0.6) is 5.75 Å². The number of carbonyl (C=O) groups is 1. The molecule has 23 heavy (non-hydrogen) atoms. The van der Waals surface area contributed by atoms with Gasteiger partial charge in [0.1, 0.15) is 12.4 Å². The molecular weight excluding hydrogens is 310 g/mol. The molecule has 0 atom stereocenters. The summed E-state index contributed by atoms with van der Waals surface area (Å²) in [4.78, 5) is 11.9. The van der Waals surface area contributed by atoms with E-state index in [1.54, 1.807) is 18.2 Å². The molecule has 2 aromatic carbocycles. The second kappa shape index (κ2) is 8.20. The van der Waals surface area contributed by atoms with Gasteiger partial charge in [0, 0.05) is 16.8 Å². The van der Waals surface area contributed by atoms with Crippen LogP contribution < -0.4 is 10.1 Å². The molecule has 0 spiro atoms. The average Bonchev–Trinajstić information content (AvgIpc) is 2.55. The van der Waals surface area contributed by atoms with E-state index >= 15 is 0 Å². The Kier molecular flexibility index (Phi) is 6.01. The van der Waals surface area contributed by atoms with Gasteiger partial charge in [-0.2, -0.15) is 0 Å². The molecule has 0 saturated heterocycles. The van der Waals surface area contributed by atoms with Gasteiger partial charge in [0.25, 0.3) is 0 Å². The molecule has 0 heterocycles. The van der Waals surface area contributed by atoms with Crippen molar-refractivity contribution in [1.82, 2.24) is 0 Å². The van der Waals surface area contributed by atoms with Gasteiger partial charge >= 0.3 is 0 Å². The van der Waals surface area contributed by atoms with Crippen molar-refractivity contribution >= 4 is 29.3 Å². The van der Waals surface area contributed by atoms with Crippen LogP contribution in [0.4, 0.5) is 5.69 Å². The molecule has 0 aliphatic heterocycles. The van der Waals surface area contributed by atoms with Gasteiger partial charge in [0.15, 0.2) is 0 Å². The standard InChI is InChI=1S/C19H18ClNO2/c1-3-12-23-17-9-5-15(6-10-17)7-11-19(22)21-16-8-4-14(2)18(20)13-16/h3-11,13H,1,12H2,2H3,(H,21,22)/b11-7+. The molecule has 2 aromatic rings. The molecule has 2 rings (SSSR count). The number of halogens is 1. The molecule has 1 amide bonds. The smallest absolute Gasteiger partial charge is 0.248 e. The lowest BCUT2D eigenvalue weighted by atomic mass is 10.2. The molecule has 0 aliphatic rings. The van der Waals surface area contributed by atoms with E-state index in [1.807, 2.05) is 43.3 Å². The third-order valence-corrected chi connectivity index (χ3v) is 3.52. The van der Waals surface area contributed by atoms with Crippen molar-refractivity contribution in [3.63, 3.8) is 0 Å². The molecular formula is C19H18ClNO2. The second-order valence-electron chi connectivity index (χ2n) is 4.96. The number of ether oxygens (including phenoxy) is 1. The van der Waals surface area contributed by atoms with Gasteiger partial charge in [-0.1, -0.05) is 42.5 Å². The summed E-state index contributed by atoms with van der Waals surface area (Å²) in [7, 11) is 0. The van der Waals surface area contributed by atoms with Crippen LogP contribution in [0.1, 0.15) is 11.1 Å². The Labute approximate surface area is 141 Å². The van der Waals surface area contributed by atoms with Crippen molar-refractivity contribution in [1.29, 1.82) is 0 Å². The van der Waals surface area contributed by atoms with Crippen molar-refractivity contribution in [2.75, 3.05) is 11.9 Å². The Bertz CT molecular complexity index is 721. The van der Waals surface area contributed by atoms with Gasteiger partial charge in [-0.15, -0.1) is 0 Å². The van der Waals surface area contributed by atoms with Crippen LogP contribution in [-0.4, -0.2) is 12.5 Å². The zero-order valence-electron chi connectivity index (χ0n) is 12.9. The zero-order valence-corrected chi connectivity index (χ0v) is 13.6. The maximum absolute atomic E-state index is 11.9. The maximum Gasteiger partial charge on any atom is 0.248 e. The Morgan fingerprint density at radius 2 is 2.00 bits per heavy atom. The molecule has 0 fully saturated rings. The SMILES string of the molecule is C=CCOc1ccc(/C=C/C(=O)Nc2ccc(C)c(Cl)c2)cc1. The highest BCUT2D eigenvalue weighted by Crippen LogP contribution is 2.20. The van der Waals surface area contributed by atoms with E-state index in [-0.39, 0.29) is 5.91 Å². The summed E-state index contributed by atoms with van der Waals surface area (Å²) in [5.41, 5.74) is 2.55. The summed E-state index contributed by atoms with van der Waals surface area (Å²) in [6, 6.07) is 12.9. The van der Waals surface area contributed by atoms with Crippen LogP contribution in [0.3, 0.4) is 0 Å². The van der Waals surface area contributed by atoms with Crippen molar-refractivity contribution in [2.24, 2.45) is 0 Å². The van der Waals surface area contributed by atoms with E-state index in [1.165, 1.54) is 6.08 Å². The zero-order chi connectivity index (χ0) is 16.7. The van der Waals surface area contributed by atoms with Gasteiger partial charge in [-0.3, -0.25) is 4.79 Å². The van der Waals surface area contributed by atoms with E-state index in [2.05, 4.69) is 11.9 Å². The average molecular weight is 328 g/mol. The van der Waals surface area contributed by atoms with Crippen molar-refractivity contribution in [3.8, 4) is 5.75 Å². The number of benzene rings is 2. The number of nitrogens with one attached hydrogen (secondary N) is 1. The number of hydrogen-bond donors (Lipinski definition) is 1. The molecule has 0 unspecified atom stereocenters. The molecule has 0 saturated carbocycles. The van der Waals surface area contributed by atoms with E-state index in [4.69, 9.17) is 16.3 Å². The first-order valence-electron chi connectivity index (χ1n) is 7.17. The van der Waals surface area contributed by atoms with E-state index in [0.29, 0.717) is 17.3 Å². The Morgan fingerprint density at radius 1 is 1.26 bits per heavy atom. The lowest BCUT2D eigenvalue weighted by molar-refractivity contribution is -0.111. The molecule has 0 bridgehead atoms. The van der Waals surface area contributed by atoms with Gasteiger partial charge in [0.05, 0.1) is 0 Å². The Morgan fingerprint density at radius 3 is 2.65 bits per heavy atom. The van der Waals surface area contributed by atoms with Crippen LogP contribution in [-0.2, 0) is 4.79 Å². The summed E-state index contributed by atoms with van der Waals surface area (Å²) >= 11 is 6.03. The van der Waals surface area contributed by atoms with Crippen LogP contribution in [0.25, 0.3) is 6.08 Å². The third kappa shape index (κ3) is 5.31. The van der Waals surface area contributed by atoms with Crippen molar-refractivity contribution in [3.05, 3.63) is 77.3 Å². The van der Waals surface area contributed by atoms with Crippen molar-refractivity contribution in [2.45, 2.75) is 6.92 Å². The molecule has 118 valence electrons. The minimum Gasteiger partial charge on any atom is -0.490 e. The topological polar surface area (TPSA) is 38.3 Å². The number of rotatable bonds is 6. The first-order chi connectivity index (χ1) is 11.1. The second-order valence-corrected chi connectivity index (χ2v) is 5.36. The fourth-order valence-electron chi connectivity index (χ4n) is 1.86. The van der Waals surface area contributed by atoms with Crippen LogP contribution in [0.15, 0.2) is 61.2 Å². The van der Waals surface area contributed by atoms with Gasteiger partial charge < -0.3 is 10.1 Å². The van der Waals surface area contributed by atoms with Gasteiger partial charge in [0.2, 0.25) is 5.91 Å². The van der Waals surface area contributed by atoms with E-state index < -0.39 is 0 Å². The summed E-state index contributed by atoms with van der Waals surface area (Å²) in [6.07, 6.45) is 4.91. The molecule has 3 nitrogen and oxygen atoms in total. The first-order valence-corrected chi connectivity index (χ1v) is 7.55. The minimum absolute atomic E-state index is 0.211. The molecule has 4 heteroatoms. The summed E-state index contributed by atoms with van der Waals surface area (Å²) in [5.74, 6) is 0.553. The summed E-state index contributed by atoms with van der Waals surface area (Å²) in [6.45, 7) is 5.98. The van der Waals surface area contributed by atoms with E-state index in [9.17, 15) is 4.79 Å². The quantitative estimate of drug-likeness (QED) is 0.607. The number of amides is 1. The highest BCUT2D eigenvalue weighted by Gasteiger charge is 2.01. The molecule has 0 aromatic heterocycles. The monoisotopic (exact) mass is 327 g/mol. The fourth-order valence-corrected chi connectivity index (χ4v) is 2.04. The highest BCUT2D eigenvalue weighted by atomic mass is 35.5. The lowest BCUT2D eigenvalue weighted by Gasteiger charge is -2.05. The van der Waals surface area contributed by atoms with E-state index in [0.717, 1.165) is 16.9 Å². The Hall–Kier alpha value is -2.52. The predicted molar refractivity (Wildman–Crippen MR) is 96.0 cm³/mol. The number of hydrogen-bond acceptors (Lipinski definition) is 2. The normalized spacial score (nSPS) is 10.5. The van der Waals surface area contributed by atoms with Crippen LogP contribution in [0, 0.1) is 6.92 Å². The predicted octanol–water partition coefficient (Wildman–Crippen LogP) is 4.87. The minimum atomic E-state index is -0.211. The number of aryl methyl sites for hydroxylation is 1. The van der Waals surface area contributed by atoms with Gasteiger partial charge in [-0.25, -0.2) is 0 Å². The fraction of sp³-hybridized carbons (Fsp3) is 0.105. The molecule has 0 aliphatic carbocycles. The summed E-state index contributed by atoms with van der Waals surface area (Å²) in [5, 5.41) is 3.40. The lowest BCUT2D eigenvalue weighted by Crippen LogP contribution is -2.07. The third-order valence-electron chi connectivity index (χ3n) is 3.11. The molecule has 1 N–H and O–H groups in total. The van der Waals surface area contributed by atoms with Crippen molar-refractivity contribution < 1.29 is 9.53 Å². The van der Waals surface area contributed by atoms with Crippen LogP contribution >= 0.6 is 11.6 Å². The maximum atomic E-state index is 11.9. The van der Waals surface area contributed by atoms with Gasteiger partial charge in [-0.05, 0) is 48.4 Å². The number of anilines is 1. The van der Waals surface area contributed by atoms with Crippen LogP contribution in [0.2, 0.25) is 5.02 Å². The number of carbonyl (C=O) groups excluding carboxylic acids is 1. The first kappa shape index (κ1) is 16.8. The molecule has 0 radical (unpaired) electrons. The summed E-state index contributed by atoms with van der Waals surface area (Å²) < 4.78 is 5.40. The largest absolute Gasteiger partial charge is 0.490 e. The highest BCUT2D eigenvalue weighted by molar-refractivity contribution is 6.31.